The molecule has 0 aliphatic carbocycles. The molecule has 10 heteroatoms. The Morgan fingerprint density at radius 3 is 2.48 bits per heavy atom. The maximum Gasteiger partial charge on any atom is 0.349 e. The molecular weight excluding hydrogens is 438 g/mol. The molecular formula is C21H27N3O5S2. The Bertz CT molecular complexity index is 1050. The van der Waals surface area contributed by atoms with E-state index in [1.54, 1.807) is 38.1 Å². The number of thiophene rings is 1. The number of hydrogen-bond donors (Lipinski definition) is 0. The maximum atomic E-state index is 12.7. The molecule has 3 rings (SSSR count). The molecule has 8 nitrogen and oxygen atoms in total. The summed E-state index contributed by atoms with van der Waals surface area (Å²) in [6.07, 6.45) is 1.25. The Balaban J connectivity index is 2.02. The van der Waals surface area contributed by atoms with Gasteiger partial charge >= 0.3 is 5.97 Å². The highest BCUT2D eigenvalue weighted by atomic mass is 32.2. The molecule has 0 saturated carbocycles. The van der Waals surface area contributed by atoms with Gasteiger partial charge in [-0.05, 0) is 37.1 Å². The fraction of sp³-hybridized carbons (Fsp3) is 0.429. The molecule has 0 atom stereocenters. The van der Waals surface area contributed by atoms with Crippen molar-refractivity contribution in [3.05, 3.63) is 34.7 Å². The molecule has 0 bridgehead atoms. The molecule has 2 aromatic rings. The first-order valence-electron chi connectivity index (χ1n) is 9.95. The summed E-state index contributed by atoms with van der Waals surface area (Å²) in [6, 6.07) is 6.44. The van der Waals surface area contributed by atoms with Crippen LogP contribution in [0.1, 0.15) is 22.2 Å². The van der Waals surface area contributed by atoms with Crippen LogP contribution in [0.15, 0.2) is 33.6 Å². The second-order valence-electron chi connectivity index (χ2n) is 7.24. The Labute approximate surface area is 187 Å². The normalized spacial score (nSPS) is 14.8. The summed E-state index contributed by atoms with van der Waals surface area (Å²) in [5.41, 5.74) is 2.49. The number of morpholine rings is 1. The summed E-state index contributed by atoms with van der Waals surface area (Å²) in [5.74, 6) is -0.377. The Kier molecular flexibility index (Phi) is 7.34. The van der Waals surface area contributed by atoms with E-state index in [2.05, 4.69) is 9.30 Å². The number of hydrogen-bond acceptors (Lipinski definition) is 7. The van der Waals surface area contributed by atoms with Crippen LogP contribution < -0.4 is 4.90 Å². The van der Waals surface area contributed by atoms with E-state index in [-0.39, 0.29) is 17.5 Å². The van der Waals surface area contributed by atoms with Gasteiger partial charge in [0.15, 0.2) is 0 Å². The van der Waals surface area contributed by atoms with Crippen molar-refractivity contribution < 1.29 is 22.7 Å². The van der Waals surface area contributed by atoms with Crippen LogP contribution in [0.2, 0.25) is 0 Å². The Morgan fingerprint density at radius 2 is 1.90 bits per heavy atom. The third kappa shape index (κ3) is 5.25. The van der Waals surface area contributed by atoms with Gasteiger partial charge in [0, 0.05) is 32.7 Å². The van der Waals surface area contributed by atoms with Gasteiger partial charge in [0.1, 0.15) is 11.2 Å². The topological polar surface area (TPSA) is 88.5 Å². The molecule has 2 heterocycles. The van der Waals surface area contributed by atoms with Crippen LogP contribution in [0.25, 0.3) is 11.1 Å². The van der Waals surface area contributed by atoms with Gasteiger partial charge in [0.05, 0.1) is 29.7 Å². The lowest BCUT2D eigenvalue weighted by atomic mass is 10.0. The van der Waals surface area contributed by atoms with E-state index >= 15 is 0 Å². The van der Waals surface area contributed by atoms with Crippen LogP contribution in [-0.4, -0.2) is 72.6 Å². The molecule has 0 amide bonds. The SMILES string of the molecule is CCOC(=O)c1sc(N2CCOCC2)c(C)c1-c1ccc(S(=O)(=O)N=CN(C)C)cc1. The number of rotatable bonds is 7. The van der Waals surface area contributed by atoms with Crippen molar-refractivity contribution in [1.82, 2.24) is 4.90 Å². The van der Waals surface area contributed by atoms with Gasteiger partial charge < -0.3 is 19.3 Å². The quantitative estimate of drug-likeness (QED) is 0.353. The molecule has 1 aliphatic heterocycles. The van der Waals surface area contributed by atoms with Crippen LogP contribution in [0.3, 0.4) is 0 Å². The first kappa shape index (κ1) is 23.2. The van der Waals surface area contributed by atoms with Crippen molar-refractivity contribution in [2.75, 3.05) is 51.9 Å². The zero-order chi connectivity index (χ0) is 22.6. The predicted molar refractivity (Wildman–Crippen MR) is 123 cm³/mol. The molecule has 0 spiro atoms. The molecule has 0 unspecified atom stereocenters. The van der Waals surface area contributed by atoms with Crippen molar-refractivity contribution in [2.45, 2.75) is 18.7 Å². The van der Waals surface area contributed by atoms with E-state index in [1.165, 1.54) is 29.8 Å². The monoisotopic (exact) mass is 465 g/mol. The van der Waals surface area contributed by atoms with Crippen LogP contribution in [0.4, 0.5) is 5.00 Å². The summed E-state index contributed by atoms with van der Waals surface area (Å²) in [5, 5.41) is 1.01. The van der Waals surface area contributed by atoms with Gasteiger partial charge in [-0.1, -0.05) is 12.1 Å². The number of ether oxygens (including phenoxy) is 2. The highest BCUT2D eigenvalue weighted by molar-refractivity contribution is 7.90. The largest absolute Gasteiger partial charge is 0.462 e. The molecule has 0 radical (unpaired) electrons. The Hall–Kier alpha value is -2.43. The highest BCUT2D eigenvalue weighted by Gasteiger charge is 2.26. The van der Waals surface area contributed by atoms with E-state index in [4.69, 9.17) is 9.47 Å². The predicted octanol–water partition coefficient (Wildman–Crippen LogP) is 3.02. The lowest BCUT2D eigenvalue weighted by Crippen LogP contribution is -2.36. The van der Waals surface area contributed by atoms with Crippen molar-refractivity contribution in [1.29, 1.82) is 0 Å². The van der Waals surface area contributed by atoms with Crippen molar-refractivity contribution in [3.8, 4) is 11.1 Å². The highest BCUT2D eigenvalue weighted by Crippen LogP contribution is 2.42. The molecule has 1 aromatic heterocycles. The van der Waals surface area contributed by atoms with E-state index in [0.29, 0.717) is 18.1 Å². The van der Waals surface area contributed by atoms with Gasteiger partial charge in [-0.15, -0.1) is 15.7 Å². The van der Waals surface area contributed by atoms with E-state index in [1.807, 2.05) is 6.92 Å². The number of carbonyl (C=O) groups is 1. The summed E-state index contributed by atoms with van der Waals surface area (Å²) in [7, 11) is -0.397. The number of sulfonamides is 1. The fourth-order valence-electron chi connectivity index (χ4n) is 3.27. The average Bonchev–Trinajstić information content (AvgIpc) is 3.10. The number of nitrogens with zero attached hydrogens (tertiary/aromatic N) is 3. The number of anilines is 1. The van der Waals surface area contributed by atoms with Crippen LogP contribution >= 0.6 is 11.3 Å². The lowest BCUT2D eigenvalue weighted by Gasteiger charge is -2.28. The summed E-state index contributed by atoms with van der Waals surface area (Å²) >= 11 is 1.41. The average molecular weight is 466 g/mol. The van der Waals surface area contributed by atoms with E-state index in [0.717, 1.165) is 34.8 Å². The van der Waals surface area contributed by atoms with Gasteiger partial charge in [0.2, 0.25) is 0 Å². The first-order valence-corrected chi connectivity index (χ1v) is 12.2. The molecule has 1 fully saturated rings. The smallest absolute Gasteiger partial charge is 0.349 e. The van der Waals surface area contributed by atoms with Crippen LogP contribution in [-0.2, 0) is 19.5 Å². The minimum Gasteiger partial charge on any atom is -0.462 e. The molecule has 1 aromatic carbocycles. The third-order valence-corrected chi connectivity index (χ3v) is 7.31. The standard InChI is InChI=1S/C21H27N3O5S2/c1-5-29-21(25)19-18(15(2)20(30-19)24-10-12-28-13-11-24)16-6-8-17(9-7-16)31(26,27)22-14-23(3)4/h6-9,14H,5,10-13H2,1-4H3. The number of carbonyl (C=O) groups excluding carboxylic acids is 1. The third-order valence-electron chi connectivity index (χ3n) is 4.74. The first-order chi connectivity index (χ1) is 14.7. The summed E-state index contributed by atoms with van der Waals surface area (Å²) in [4.78, 5) is 17.1. The Morgan fingerprint density at radius 1 is 1.26 bits per heavy atom. The number of benzene rings is 1. The van der Waals surface area contributed by atoms with Crippen LogP contribution in [0.5, 0.6) is 0 Å². The van der Waals surface area contributed by atoms with Gasteiger partial charge in [-0.3, -0.25) is 0 Å². The summed E-state index contributed by atoms with van der Waals surface area (Å²) in [6.45, 7) is 6.82. The number of esters is 1. The molecule has 168 valence electrons. The summed E-state index contributed by atoms with van der Waals surface area (Å²) < 4.78 is 39.2. The van der Waals surface area contributed by atoms with E-state index in [9.17, 15) is 13.2 Å². The minimum atomic E-state index is -3.79. The molecule has 1 aliphatic rings. The molecule has 31 heavy (non-hydrogen) atoms. The van der Waals surface area contributed by atoms with Crippen molar-refractivity contribution in [3.63, 3.8) is 0 Å². The second-order valence-corrected chi connectivity index (χ2v) is 9.87. The zero-order valence-corrected chi connectivity index (χ0v) is 19.8. The molecule has 1 saturated heterocycles. The van der Waals surface area contributed by atoms with Crippen molar-refractivity contribution in [2.24, 2.45) is 4.40 Å². The second kappa shape index (κ2) is 9.80. The maximum absolute atomic E-state index is 12.7. The molecule has 0 N–H and O–H groups in total. The van der Waals surface area contributed by atoms with Crippen LogP contribution in [0, 0.1) is 6.92 Å². The lowest BCUT2D eigenvalue weighted by molar-refractivity contribution is 0.0533. The van der Waals surface area contributed by atoms with E-state index < -0.39 is 10.0 Å². The minimum absolute atomic E-state index is 0.0910. The van der Waals surface area contributed by atoms with Gasteiger partial charge in [-0.2, -0.15) is 8.42 Å². The van der Waals surface area contributed by atoms with Gasteiger partial charge in [0.25, 0.3) is 10.0 Å². The van der Waals surface area contributed by atoms with Gasteiger partial charge in [-0.25, -0.2) is 4.79 Å². The fourth-order valence-corrected chi connectivity index (χ4v) is 5.46. The zero-order valence-electron chi connectivity index (χ0n) is 18.1. The van der Waals surface area contributed by atoms with Crippen molar-refractivity contribution >= 4 is 38.7 Å².